The van der Waals surface area contributed by atoms with Crippen LogP contribution >= 0.6 is 24.0 Å². The number of ether oxygens (including phenoxy) is 2. The second-order valence-electron chi connectivity index (χ2n) is 4.33. The monoisotopic (exact) mass is 461 g/mol. The van der Waals surface area contributed by atoms with Crippen molar-refractivity contribution in [3.8, 4) is 5.75 Å². The number of esters is 1. The topological polar surface area (TPSA) is 72.0 Å². The van der Waals surface area contributed by atoms with Crippen LogP contribution in [0.1, 0.15) is 12.0 Å². The fraction of sp³-hybridized carbons (Fsp3) is 0.429. The molecule has 6 nitrogen and oxygen atoms in total. The number of nitrogens with zero attached hydrogens (tertiary/aromatic N) is 1. The van der Waals surface area contributed by atoms with Crippen molar-refractivity contribution in [2.45, 2.75) is 19.3 Å². The first-order valence-electron chi connectivity index (χ1n) is 6.70. The van der Waals surface area contributed by atoms with Crippen molar-refractivity contribution in [3.05, 3.63) is 29.8 Å². The molecule has 0 saturated heterocycles. The summed E-state index contributed by atoms with van der Waals surface area (Å²) in [6.07, 6.45) is -4.61. The lowest BCUT2D eigenvalue weighted by Crippen LogP contribution is -2.38. The zero-order valence-corrected chi connectivity index (χ0v) is 15.5. The fourth-order valence-corrected chi connectivity index (χ4v) is 1.66. The Balaban J connectivity index is 0.00000529. The van der Waals surface area contributed by atoms with Gasteiger partial charge in [-0.3, -0.25) is 9.79 Å². The molecule has 0 unspecified atom stereocenters. The van der Waals surface area contributed by atoms with Crippen LogP contribution in [0, 0.1) is 0 Å². The molecular weight excluding hydrogens is 442 g/mol. The summed E-state index contributed by atoms with van der Waals surface area (Å²) in [6, 6.07) is 5.80. The molecule has 24 heavy (non-hydrogen) atoms. The second-order valence-corrected chi connectivity index (χ2v) is 4.33. The van der Waals surface area contributed by atoms with E-state index in [1.807, 2.05) is 0 Å². The van der Waals surface area contributed by atoms with Crippen LogP contribution in [0.2, 0.25) is 0 Å². The van der Waals surface area contributed by atoms with Crippen molar-refractivity contribution >= 4 is 35.9 Å². The quantitative estimate of drug-likeness (QED) is 0.295. The highest BCUT2D eigenvalue weighted by atomic mass is 127. The number of hydrogen-bond acceptors (Lipinski definition) is 4. The number of rotatable bonds is 6. The van der Waals surface area contributed by atoms with E-state index in [1.54, 1.807) is 6.07 Å². The molecular formula is C14H19F3IN3O3. The van der Waals surface area contributed by atoms with E-state index in [1.165, 1.54) is 32.4 Å². The normalized spacial score (nSPS) is 11.3. The van der Waals surface area contributed by atoms with E-state index < -0.39 is 6.36 Å². The van der Waals surface area contributed by atoms with E-state index in [0.29, 0.717) is 11.5 Å². The molecule has 0 amide bonds. The summed E-state index contributed by atoms with van der Waals surface area (Å²) >= 11 is 0. The summed E-state index contributed by atoms with van der Waals surface area (Å²) in [5, 5.41) is 5.69. The molecule has 2 N–H and O–H groups in total. The first-order chi connectivity index (χ1) is 10.9. The highest BCUT2D eigenvalue weighted by Crippen LogP contribution is 2.25. The predicted molar refractivity (Wildman–Crippen MR) is 93.4 cm³/mol. The van der Waals surface area contributed by atoms with Crippen molar-refractivity contribution in [2.75, 3.05) is 20.7 Å². The lowest BCUT2D eigenvalue weighted by atomic mass is 10.2. The van der Waals surface area contributed by atoms with E-state index in [-0.39, 0.29) is 55.2 Å². The minimum absolute atomic E-state index is 0. The molecule has 0 atom stereocenters. The van der Waals surface area contributed by atoms with E-state index in [0.717, 1.165) is 0 Å². The minimum atomic E-state index is -4.75. The zero-order chi connectivity index (χ0) is 17.3. The molecule has 1 aromatic rings. The average Bonchev–Trinajstić information content (AvgIpc) is 2.50. The number of alkyl halides is 3. The van der Waals surface area contributed by atoms with Gasteiger partial charge < -0.3 is 20.1 Å². The molecule has 0 bridgehead atoms. The van der Waals surface area contributed by atoms with Crippen molar-refractivity contribution in [1.29, 1.82) is 0 Å². The van der Waals surface area contributed by atoms with Crippen LogP contribution in [0.5, 0.6) is 5.75 Å². The lowest BCUT2D eigenvalue weighted by Gasteiger charge is -2.15. The standard InChI is InChI=1S/C14H18F3N3O3.HI/c1-18-13(19-8-7-12(21)22-2)20-9-10-5-3-4-6-11(10)23-14(15,16)17;/h3-6H,7-9H2,1-2H3,(H2,18,19,20);1H. The number of guanidine groups is 1. The zero-order valence-electron chi connectivity index (χ0n) is 13.1. The number of carbonyl (C=O) groups is 1. The maximum atomic E-state index is 12.3. The predicted octanol–water partition coefficient (Wildman–Crippen LogP) is 2.43. The molecule has 0 aromatic heterocycles. The van der Waals surface area contributed by atoms with E-state index >= 15 is 0 Å². The second kappa shape index (κ2) is 10.9. The third kappa shape index (κ3) is 8.79. The Kier molecular flexibility index (Phi) is 10.2. The maximum Gasteiger partial charge on any atom is 0.573 e. The highest BCUT2D eigenvalue weighted by Gasteiger charge is 2.31. The van der Waals surface area contributed by atoms with Crippen LogP contribution in [0.15, 0.2) is 29.3 Å². The Hall–Kier alpha value is -1.72. The molecule has 0 aliphatic carbocycles. The summed E-state index contributed by atoms with van der Waals surface area (Å²) < 4.78 is 45.5. The number of para-hydroxylation sites is 1. The summed E-state index contributed by atoms with van der Waals surface area (Å²) in [7, 11) is 2.79. The first kappa shape index (κ1) is 22.3. The number of carbonyl (C=O) groups excluding carboxylic acids is 1. The fourth-order valence-electron chi connectivity index (χ4n) is 1.66. The smallest absolute Gasteiger partial charge is 0.469 e. The van der Waals surface area contributed by atoms with E-state index in [2.05, 4.69) is 25.1 Å². The molecule has 0 radical (unpaired) electrons. The van der Waals surface area contributed by atoms with Gasteiger partial charge in [0.1, 0.15) is 5.75 Å². The highest BCUT2D eigenvalue weighted by molar-refractivity contribution is 14.0. The third-order valence-corrected chi connectivity index (χ3v) is 2.72. The summed E-state index contributed by atoms with van der Waals surface area (Å²) in [5.41, 5.74) is 0.320. The number of nitrogens with one attached hydrogen (secondary N) is 2. The molecule has 1 aromatic carbocycles. The first-order valence-corrected chi connectivity index (χ1v) is 6.70. The summed E-state index contributed by atoms with van der Waals surface area (Å²) in [6.45, 7) is 0.358. The van der Waals surface area contributed by atoms with Gasteiger partial charge in [-0.05, 0) is 6.07 Å². The minimum Gasteiger partial charge on any atom is -0.469 e. The number of benzene rings is 1. The van der Waals surface area contributed by atoms with Crippen LogP contribution in [-0.4, -0.2) is 39.0 Å². The van der Waals surface area contributed by atoms with Gasteiger partial charge in [0.05, 0.1) is 13.5 Å². The Bertz CT molecular complexity index is 554. The molecule has 10 heteroatoms. The van der Waals surface area contributed by atoms with Crippen LogP contribution in [0.3, 0.4) is 0 Å². The Morgan fingerprint density at radius 1 is 1.25 bits per heavy atom. The van der Waals surface area contributed by atoms with Gasteiger partial charge in [0, 0.05) is 25.7 Å². The molecule has 0 aliphatic heterocycles. The molecule has 0 saturated carbocycles. The molecule has 136 valence electrons. The van der Waals surface area contributed by atoms with Crippen molar-refractivity contribution in [2.24, 2.45) is 4.99 Å². The maximum absolute atomic E-state index is 12.3. The van der Waals surface area contributed by atoms with Gasteiger partial charge in [-0.25, -0.2) is 0 Å². The lowest BCUT2D eigenvalue weighted by molar-refractivity contribution is -0.274. The Morgan fingerprint density at radius 2 is 1.92 bits per heavy atom. The SMILES string of the molecule is CN=C(NCCC(=O)OC)NCc1ccccc1OC(F)(F)F.I. The van der Waals surface area contributed by atoms with Crippen molar-refractivity contribution < 1.29 is 27.4 Å². The van der Waals surface area contributed by atoms with E-state index in [9.17, 15) is 18.0 Å². The summed E-state index contributed by atoms with van der Waals surface area (Å²) in [5.74, 6) is -0.315. The van der Waals surface area contributed by atoms with E-state index in [4.69, 9.17) is 0 Å². The molecule has 0 spiro atoms. The van der Waals surface area contributed by atoms with Crippen LogP contribution in [0.25, 0.3) is 0 Å². The Morgan fingerprint density at radius 3 is 2.50 bits per heavy atom. The summed E-state index contributed by atoms with van der Waals surface area (Å²) in [4.78, 5) is 14.9. The van der Waals surface area contributed by atoms with Crippen LogP contribution in [-0.2, 0) is 16.1 Å². The molecule has 1 rings (SSSR count). The Labute approximate surface area is 154 Å². The van der Waals surface area contributed by atoms with Crippen molar-refractivity contribution in [3.63, 3.8) is 0 Å². The molecule has 0 fully saturated rings. The van der Waals surface area contributed by atoms with Gasteiger partial charge in [0.15, 0.2) is 5.96 Å². The van der Waals surface area contributed by atoms with Crippen molar-refractivity contribution in [1.82, 2.24) is 10.6 Å². The van der Waals surface area contributed by atoms with Gasteiger partial charge in [-0.15, -0.1) is 37.1 Å². The van der Waals surface area contributed by atoms with Gasteiger partial charge in [0.2, 0.25) is 0 Å². The largest absolute Gasteiger partial charge is 0.573 e. The number of hydrogen-bond donors (Lipinski definition) is 2. The number of methoxy groups -OCH3 is 1. The molecule has 0 aliphatic rings. The van der Waals surface area contributed by atoms with Gasteiger partial charge >= 0.3 is 12.3 Å². The van der Waals surface area contributed by atoms with Gasteiger partial charge in [-0.1, -0.05) is 18.2 Å². The third-order valence-electron chi connectivity index (χ3n) is 2.72. The van der Waals surface area contributed by atoms with Crippen LogP contribution < -0.4 is 15.4 Å². The van der Waals surface area contributed by atoms with Gasteiger partial charge in [0.25, 0.3) is 0 Å². The number of halogens is 4. The number of aliphatic imine (C=N–C) groups is 1. The van der Waals surface area contributed by atoms with Crippen LogP contribution in [0.4, 0.5) is 13.2 Å². The average molecular weight is 461 g/mol. The van der Waals surface area contributed by atoms with Gasteiger partial charge in [-0.2, -0.15) is 0 Å². The molecule has 0 heterocycles.